The highest BCUT2D eigenvalue weighted by Crippen LogP contribution is 1.91. The van der Waals surface area contributed by atoms with Gasteiger partial charge in [-0.15, -0.1) is 0 Å². The molecule has 0 unspecified atom stereocenters. The summed E-state index contributed by atoms with van der Waals surface area (Å²) < 4.78 is 1.87. The SMILES string of the molecule is CC(=O)c1cn(CC(=O)NC(C)C)c(=O)n(C)c1=O. The molecule has 0 aromatic carbocycles. The summed E-state index contributed by atoms with van der Waals surface area (Å²) in [6.45, 7) is 4.59. The maximum atomic E-state index is 11.8. The van der Waals surface area contributed by atoms with Gasteiger partial charge < -0.3 is 5.32 Å². The first-order valence-corrected chi connectivity index (χ1v) is 5.84. The lowest BCUT2D eigenvalue weighted by molar-refractivity contribution is -0.122. The maximum absolute atomic E-state index is 11.8. The Bertz CT molecular complexity index is 625. The van der Waals surface area contributed by atoms with Crippen molar-refractivity contribution in [2.45, 2.75) is 33.4 Å². The fourth-order valence-corrected chi connectivity index (χ4v) is 1.60. The number of carbonyl (C=O) groups excluding carboxylic acids is 2. The first-order chi connectivity index (χ1) is 8.73. The Morgan fingerprint density at radius 3 is 2.37 bits per heavy atom. The minimum Gasteiger partial charge on any atom is -0.352 e. The van der Waals surface area contributed by atoms with Crippen molar-refractivity contribution in [1.29, 1.82) is 0 Å². The number of amides is 1. The highest BCUT2D eigenvalue weighted by molar-refractivity contribution is 5.93. The molecule has 0 aliphatic rings. The second kappa shape index (κ2) is 5.64. The molecule has 0 bridgehead atoms. The molecule has 7 heteroatoms. The first-order valence-electron chi connectivity index (χ1n) is 5.84. The summed E-state index contributed by atoms with van der Waals surface area (Å²) in [5.74, 6) is -0.802. The molecule has 0 aliphatic heterocycles. The number of rotatable bonds is 4. The van der Waals surface area contributed by atoms with Crippen molar-refractivity contribution >= 4 is 11.7 Å². The Labute approximate surface area is 109 Å². The van der Waals surface area contributed by atoms with Crippen LogP contribution < -0.4 is 16.6 Å². The predicted molar refractivity (Wildman–Crippen MR) is 69.2 cm³/mol. The fraction of sp³-hybridized carbons (Fsp3) is 0.500. The summed E-state index contributed by atoms with van der Waals surface area (Å²) in [7, 11) is 1.27. The van der Waals surface area contributed by atoms with Crippen molar-refractivity contribution in [2.75, 3.05) is 0 Å². The fourth-order valence-electron chi connectivity index (χ4n) is 1.60. The van der Waals surface area contributed by atoms with Crippen molar-refractivity contribution in [3.63, 3.8) is 0 Å². The van der Waals surface area contributed by atoms with Crippen molar-refractivity contribution in [3.8, 4) is 0 Å². The van der Waals surface area contributed by atoms with Gasteiger partial charge in [-0.2, -0.15) is 0 Å². The molecule has 104 valence electrons. The molecule has 1 rings (SSSR count). The van der Waals surface area contributed by atoms with E-state index in [-0.39, 0.29) is 24.1 Å². The van der Waals surface area contributed by atoms with Crippen molar-refractivity contribution in [1.82, 2.24) is 14.5 Å². The smallest absolute Gasteiger partial charge is 0.331 e. The van der Waals surface area contributed by atoms with Gasteiger partial charge in [0.1, 0.15) is 6.54 Å². The van der Waals surface area contributed by atoms with Crippen LogP contribution in [0, 0.1) is 0 Å². The Hall–Kier alpha value is -2.18. The molecular weight excluding hydrogens is 250 g/mol. The Morgan fingerprint density at radius 2 is 1.89 bits per heavy atom. The summed E-state index contributed by atoms with van der Waals surface area (Å²) in [5, 5.41) is 2.63. The third-order valence-electron chi connectivity index (χ3n) is 2.50. The summed E-state index contributed by atoms with van der Waals surface area (Å²) in [4.78, 5) is 46.4. The highest BCUT2D eigenvalue weighted by Gasteiger charge is 2.14. The zero-order valence-corrected chi connectivity index (χ0v) is 11.4. The minimum absolute atomic E-state index is 0.0528. The molecule has 0 saturated carbocycles. The number of hydrogen-bond donors (Lipinski definition) is 1. The van der Waals surface area contributed by atoms with Gasteiger partial charge in [-0.3, -0.25) is 23.5 Å². The van der Waals surface area contributed by atoms with Gasteiger partial charge in [0, 0.05) is 19.3 Å². The summed E-state index contributed by atoms with van der Waals surface area (Å²) in [6.07, 6.45) is 1.13. The number of carbonyl (C=O) groups is 2. The van der Waals surface area contributed by atoms with E-state index >= 15 is 0 Å². The van der Waals surface area contributed by atoms with Crippen molar-refractivity contribution in [3.05, 3.63) is 32.6 Å². The summed E-state index contributed by atoms with van der Waals surface area (Å²) in [6, 6.07) is -0.0528. The van der Waals surface area contributed by atoms with E-state index in [0.29, 0.717) is 0 Å². The Kier molecular flexibility index (Phi) is 4.42. The number of nitrogens with one attached hydrogen (secondary N) is 1. The highest BCUT2D eigenvalue weighted by atomic mass is 16.2. The second-order valence-corrected chi connectivity index (χ2v) is 4.60. The third kappa shape index (κ3) is 3.40. The summed E-state index contributed by atoms with van der Waals surface area (Å²) >= 11 is 0. The van der Waals surface area contributed by atoms with Gasteiger partial charge in [-0.25, -0.2) is 4.79 Å². The zero-order chi connectivity index (χ0) is 14.7. The minimum atomic E-state index is -0.655. The van der Waals surface area contributed by atoms with Gasteiger partial charge in [-0.1, -0.05) is 0 Å². The van der Waals surface area contributed by atoms with E-state index in [2.05, 4.69) is 5.32 Å². The molecule has 0 saturated heterocycles. The van der Waals surface area contributed by atoms with E-state index in [1.54, 1.807) is 13.8 Å². The monoisotopic (exact) mass is 267 g/mol. The van der Waals surface area contributed by atoms with E-state index in [0.717, 1.165) is 15.3 Å². The van der Waals surface area contributed by atoms with Crippen LogP contribution in [-0.4, -0.2) is 26.9 Å². The van der Waals surface area contributed by atoms with E-state index in [4.69, 9.17) is 0 Å². The Morgan fingerprint density at radius 1 is 1.32 bits per heavy atom. The molecule has 0 atom stereocenters. The molecule has 1 heterocycles. The van der Waals surface area contributed by atoms with E-state index in [9.17, 15) is 19.2 Å². The third-order valence-corrected chi connectivity index (χ3v) is 2.50. The van der Waals surface area contributed by atoms with Crippen LogP contribution in [0.1, 0.15) is 31.1 Å². The number of Topliss-reactive ketones (excluding diaryl/α,β-unsaturated/α-hetero) is 1. The van der Waals surface area contributed by atoms with Crippen LogP contribution in [0.4, 0.5) is 0 Å². The van der Waals surface area contributed by atoms with Crippen LogP contribution in [0.3, 0.4) is 0 Å². The summed E-state index contributed by atoms with van der Waals surface area (Å²) in [5.41, 5.74) is -1.40. The number of aromatic nitrogens is 2. The van der Waals surface area contributed by atoms with E-state index < -0.39 is 17.0 Å². The lowest BCUT2D eigenvalue weighted by Crippen LogP contribution is -2.43. The second-order valence-electron chi connectivity index (χ2n) is 4.60. The van der Waals surface area contributed by atoms with Gasteiger partial charge in [0.15, 0.2) is 5.78 Å². The topological polar surface area (TPSA) is 90.2 Å². The molecule has 7 nitrogen and oxygen atoms in total. The molecule has 1 aromatic rings. The average molecular weight is 267 g/mol. The van der Waals surface area contributed by atoms with E-state index in [1.807, 2.05) is 0 Å². The van der Waals surface area contributed by atoms with Crippen LogP contribution in [0.25, 0.3) is 0 Å². The molecular formula is C12H17N3O4. The lowest BCUT2D eigenvalue weighted by Gasteiger charge is -2.11. The van der Waals surface area contributed by atoms with Crippen molar-refractivity contribution in [2.24, 2.45) is 7.05 Å². The number of ketones is 1. The van der Waals surface area contributed by atoms with E-state index in [1.165, 1.54) is 14.0 Å². The molecule has 0 fully saturated rings. The van der Waals surface area contributed by atoms with Gasteiger partial charge >= 0.3 is 5.69 Å². The standard InChI is InChI=1S/C12H17N3O4/c1-7(2)13-10(17)6-15-5-9(8(3)16)11(18)14(4)12(15)19/h5,7H,6H2,1-4H3,(H,13,17). The predicted octanol–water partition coefficient (Wildman–Crippen LogP) is -0.726. The molecule has 19 heavy (non-hydrogen) atoms. The van der Waals surface area contributed by atoms with Gasteiger partial charge in [-0.05, 0) is 20.8 Å². The zero-order valence-electron chi connectivity index (χ0n) is 11.4. The van der Waals surface area contributed by atoms with Gasteiger partial charge in [0.2, 0.25) is 5.91 Å². The average Bonchev–Trinajstić information content (AvgIpc) is 2.28. The number of nitrogens with zero attached hydrogens (tertiary/aromatic N) is 2. The molecule has 1 N–H and O–H groups in total. The van der Waals surface area contributed by atoms with Crippen LogP contribution in [0.5, 0.6) is 0 Å². The Balaban J connectivity index is 3.23. The van der Waals surface area contributed by atoms with Crippen LogP contribution in [-0.2, 0) is 18.4 Å². The molecule has 0 aliphatic carbocycles. The molecule has 1 aromatic heterocycles. The molecule has 1 amide bonds. The normalized spacial score (nSPS) is 10.6. The van der Waals surface area contributed by atoms with Crippen LogP contribution in [0.15, 0.2) is 15.8 Å². The largest absolute Gasteiger partial charge is 0.352 e. The van der Waals surface area contributed by atoms with Crippen LogP contribution >= 0.6 is 0 Å². The van der Waals surface area contributed by atoms with Gasteiger partial charge in [0.25, 0.3) is 5.56 Å². The number of hydrogen-bond acceptors (Lipinski definition) is 4. The lowest BCUT2D eigenvalue weighted by atomic mass is 10.2. The first kappa shape index (κ1) is 14.9. The quantitative estimate of drug-likeness (QED) is 0.728. The van der Waals surface area contributed by atoms with Gasteiger partial charge in [0.05, 0.1) is 5.56 Å². The molecule has 0 spiro atoms. The molecule has 0 radical (unpaired) electrons. The van der Waals surface area contributed by atoms with Crippen LogP contribution in [0.2, 0.25) is 0 Å². The maximum Gasteiger partial charge on any atom is 0.331 e. The van der Waals surface area contributed by atoms with Crippen molar-refractivity contribution < 1.29 is 9.59 Å².